The van der Waals surface area contributed by atoms with Gasteiger partial charge in [-0.2, -0.15) is 5.10 Å². The molecule has 0 fully saturated rings. The number of nitrogens with one attached hydrogen (secondary N) is 1. The second kappa shape index (κ2) is 8.57. The first-order valence-corrected chi connectivity index (χ1v) is 9.69. The van der Waals surface area contributed by atoms with Crippen LogP contribution in [0.3, 0.4) is 0 Å². The van der Waals surface area contributed by atoms with Gasteiger partial charge in [-0.1, -0.05) is 12.1 Å². The van der Waals surface area contributed by atoms with E-state index in [4.69, 9.17) is 9.84 Å². The molecule has 0 atom stereocenters. The minimum Gasteiger partial charge on any atom is -0.466 e. The van der Waals surface area contributed by atoms with Gasteiger partial charge in [0.25, 0.3) is 5.91 Å². The zero-order valence-electron chi connectivity index (χ0n) is 16.8. The summed E-state index contributed by atoms with van der Waals surface area (Å²) in [5, 5.41) is 17.4. The van der Waals surface area contributed by atoms with Crippen molar-refractivity contribution in [1.29, 1.82) is 0 Å². The molecule has 1 aliphatic rings. The normalized spacial score (nSPS) is 13.9. The Morgan fingerprint density at radius 3 is 2.87 bits per heavy atom. The van der Waals surface area contributed by atoms with Crippen LogP contribution in [0.4, 0.5) is 10.1 Å². The lowest BCUT2D eigenvalue weighted by atomic mass is 10.2. The SMILES string of the molecule is COC(=O)C1=C(Nc2ccc3c(cnn3Cc3cccc(F)c3)c2)C(=O)N(CCO)C1. The molecule has 31 heavy (non-hydrogen) atoms. The van der Waals surface area contributed by atoms with Crippen molar-refractivity contribution in [3.8, 4) is 0 Å². The molecule has 2 heterocycles. The molecule has 9 heteroatoms. The molecule has 0 bridgehead atoms. The summed E-state index contributed by atoms with van der Waals surface area (Å²) in [5.41, 5.74) is 2.58. The average Bonchev–Trinajstić information content (AvgIpc) is 3.29. The molecule has 160 valence electrons. The van der Waals surface area contributed by atoms with Crippen LogP contribution < -0.4 is 5.32 Å². The number of halogens is 1. The Morgan fingerprint density at radius 2 is 2.13 bits per heavy atom. The highest BCUT2D eigenvalue weighted by Gasteiger charge is 2.34. The van der Waals surface area contributed by atoms with Crippen LogP contribution in [-0.4, -0.2) is 58.5 Å². The third kappa shape index (κ3) is 4.13. The van der Waals surface area contributed by atoms with Crippen molar-refractivity contribution in [2.45, 2.75) is 6.54 Å². The van der Waals surface area contributed by atoms with Crippen LogP contribution in [0.1, 0.15) is 5.56 Å². The number of amides is 1. The summed E-state index contributed by atoms with van der Waals surface area (Å²) in [5.74, 6) is -1.27. The van der Waals surface area contributed by atoms with Crippen LogP contribution in [0.15, 0.2) is 59.9 Å². The molecule has 0 saturated heterocycles. The van der Waals surface area contributed by atoms with Gasteiger partial charge < -0.3 is 20.1 Å². The van der Waals surface area contributed by atoms with Crippen LogP contribution >= 0.6 is 0 Å². The molecule has 0 spiro atoms. The van der Waals surface area contributed by atoms with E-state index in [1.165, 1.54) is 24.1 Å². The molecular formula is C22H21FN4O4. The highest BCUT2D eigenvalue weighted by molar-refractivity contribution is 6.08. The summed E-state index contributed by atoms with van der Waals surface area (Å²) in [6.07, 6.45) is 1.68. The maximum absolute atomic E-state index is 13.5. The third-order valence-corrected chi connectivity index (χ3v) is 5.09. The number of rotatable bonds is 7. The second-order valence-electron chi connectivity index (χ2n) is 7.13. The number of nitrogens with zero attached hydrogens (tertiary/aromatic N) is 3. The van der Waals surface area contributed by atoms with Gasteiger partial charge >= 0.3 is 5.97 Å². The molecular weight excluding hydrogens is 403 g/mol. The van der Waals surface area contributed by atoms with Crippen molar-refractivity contribution in [3.05, 3.63) is 71.3 Å². The van der Waals surface area contributed by atoms with Gasteiger partial charge in [-0.3, -0.25) is 9.48 Å². The number of esters is 1. The molecule has 0 unspecified atom stereocenters. The van der Waals surface area contributed by atoms with Crippen molar-refractivity contribution in [2.24, 2.45) is 0 Å². The first kappa shape index (κ1) is 20.5. The summed E-state index contributed by atoms with van der Waals surface area (Å²) < 4.78 is 20.0. The molecule has 1 amide bonds. The van der Waals surface area contributed by atoms with Crippen LogP contribution in [0, 0.1) is 5.82 Å². The fourth-order valence-electron chi connectivity index (χ4n) is 3.59. The van der Waals surface area contributed by atoms with Crippen molar-refractivity contribution in [3.63, 3.8) is 0 Å². The fraction of sp³-hybridized carbons (Fsp3) is 0.227. The number of hydrogen-bond donors (Lipinski definition) is 2. The zero-order valence-corrected chi connectivity index (χ0v) is 16.8. The van der Waals surface area contributed by atoms with Gasteiger partial charge in [-0.25, -0.2) is 9.18 Å². The second-order valence-corrected chi connectivity index (χ2v) is 7.13. The van der Waals surface area contributed by atoms with Crippen molar-refractivity contribution >= 4 is 28.5 Å². The lowest BCUT2D eigenvalue weighted by Crippen LogP contribution is -2.31. The Kier molecular flexibility index (Phi) is 5.68. The molecule has 2 N–H and O–H groups in total. The summed E-state index contributed by atoms with van der Waals surface area (Å²) >= 11 is 0. The molecule has 2 aromatic carbocycles. The van der Waals surface area contributed by atoms with Crippen molar-refractivity contribution < 1.29 is 23.8 Å². The van der Waals surface area contributed by atoms with E-state index in [2.05, 4.69) is 10.4 Å². The number of benzene rings is 2. The predicted molar refractivity (Wildman–Crippen MR) is 112 cm³/mol. The van der Waals surface area contributed by atoms with Gasteiger partial charge in [-0.15, -0.1) is 0 Å². The molecule has 1 aliphatic heterocycles. The third-order valence-electron chi connectivity index (χ3n) is 5.09. The molecule has 0 saturated carbocycles. The topological polar surface area (TPSA) is 96.7 Å². The zero-order chi connectivity index (χ0) is 22.0. The summed E-state index contributed by atoms with van der Waals surface area (Å²) in [6, 6.07) is 11.8. The Labute approximate surface area is 177 Å². The highest BCUT2D eigenvalue weighted by atomic mass is 19.1. The number of hydrogen-bond acceptors (Lipinski definition) is 6. The van der Waals surface area contributed by atoms with Crippen molar-refractivity contribution in [1.82, 2.24) is 14.7 Å². The van der Waals surface area contributed by atoms with Crippen LogP contribution in [0.2, 0.25) is 0 Å². The Hall–Kier alpha value is -3.72. The Morgan fingerprint density at radius 1 is 1.29 bits per heavy atom. The van der Waals surface area contributed by atoms with E-state index in [9.17, 15) is 14.0 Å². The maximum atomic E-state index is 13.5. The van der Waals surface area contributed by atoms with Crippen LogP contribution in [0.5, 0.6) is 0 Å². The van der Waals surface area contributed by atoms with E-state index in [1.54, 1.807) is 23.0 Å². The quantitative estimate of drug-likeness (QED) is 0.563. The van der Waals surface area contributed by atoms with Gasteiger partial charge in [0.15, 0.2) is 0 Å². The van der Waals surface area contributed by atoms with Gasteiger partial charge in [-0.05, 0) is 35.9 Å². The molecule has 4 rings (SSSR count). The smallest absolute Gasteiger partial charge is 0.337 e. The molecule has 0 radical (unpaired) electrons. The Bertz CT molecular complexity index is 1190. The fourth-order valence-corrected chi connectivity index (χ4v) is 3.59. The predicted octanol–water partition coefficient (Wildman–Crippen LogP) is 1.90. The molecule has 8 nitrogen and oxygen atoms in total. The minimum absolute atomic E-state index is 0.0716. The van der Waals surface area contributed by atoms with Gasteiger partial charge in [0.05, 0.1) is 44.1 Å². The highest BCUT2D eigenvalue weighted by Crippen LogP contribution is 2.25. The molecule has 1 aromatic heterocycles. The number of carbonyl (C=O) groups excluding carboxylic acids is 2. The maximum Gasteiger partial charge on any atom is 0.337 e. The van der Waals surface area contributed by atoms with E-state index in [1.807, 2.05) is 18.2 Å². The summed E-state index contributed by atoms with van der Waals surface area (Å²) in [7, 11) is 1.26. The minimum atomic E-state index is -0.597. The van der Waals surface area contributed by atoms with E-state index >= 15 is 0 Å². The number of ether oxygens (including phenoxy) is 1. The van der Waals surface area contributed by atoms with Gasteiger partial charge in [0.1, 0.15) is 11.5 Å². The number of methoxy groups -OCH3 is 1. The van der Waals surface area contributed by atoms with Gasteiger partial charge in [0, 0.05) is 17.6 Å². The number of carbonyl (C=O) groups is 2. The van der Waals surface area contributed by atoms with Crippen molar-refractivity contribution in [2.75, 3.05) is 32.1 Å². The lowest BCUT2D eigenvalue weighted by Gasteiger charge is -2.15. The largest absolute Gasteiger partial charge is 0.466 e. The number of fused-ring (bicyclic) bond motifs is 1. The Balaban J connectivity index is 1.60. The van der Waals surface area contributed by atoms with Crippen LogP contribution in [0.25, 0.3) is 10.9 Å². The summed E-state index contributed by atoms with van der Waals surface area (Å²) in [4.78, 5) is 26.2. The molecule has 3 aromatic rings. The standard InChI is InChI=1S/C22H21FN4O4/c1-31-22(30)18-13-26(7-8-28)21(29)20(18)25-17-5-6-19-15(10-17)11-24-27(19)12-14-3-2-4-16(23)9-14/h2-6,9-11,25,28H,7-8,12-13H2,1H3. The van der Waals surface area contributed by atoms with E-state index in [0.29, 0.717) is 12.2 Å². The first-order valence-electron chi connectivity index (χ1n) is 9.69. The van der Waals surface area contributed by atoms with E-state index in [-0.39, 0.29) is 42.7 Å². The van der Waals surface area contributed by atoms with E-state index in [0.717, 1.165) is 16.5 Å². The molecule has 0 aliphatic carbocycles. The number of anilines is 1. The monoisotopic (exact) mass is 424 g/mol. The number of aliphatic hydroxyl groups is 1. The number of β-amino-alcohol motifs (C(OH)–C–C–N with tert-alkyl or cyclic N) is 1. The first-order chi connectivity index (χ1) is 15.0. The van der Waals surface area contributed by atoms with Gasteiger partial charge in [0.2, 0.25) is 0 Å². The average molecular weight is 424 g/mol. The number of aliphatic hydroxyl groups excluding tert-OH is 1. The number of aromatic nitrogens is 2. The van der Waals surface area contributed by atoms with Crippen LogP contribution in [-0.2, 0) is 20.9 Å². The van der Waals surface area contributed by atoms with E-state index < -0.39 is 5.97 Å². The summed E-state index contributed by atoms with van der Waals surface area (Å²) in [6.45, 7) is 0.406. The lowest BCUT2D eigenvalue weighted by molar-refractivity contribution is -0.136.